The van der Waals surface area contributed by atoms with Gasteiger partial charge in [-0.05, 0) is 42.8 Å². The molecule has 5 rings (SSSR count). The van der Waals surface area contributed by atoms with Crippen molar-refractivity contribution in [2.75, 3.05) is 11.4 Å². The molecule has 3 heterocycles. The first-order valence-corrected chi connectivity index (χ1v) is 12.7. The number of alkyl halides is 3. The lowest BCUT2D eigenvalue weighted by molar-refractivity contribution is -0.141. The van der Waals surface area contributed by atoms with Gasteiger partial charge in [0.2, 0.25) is 5.82 Å². The first kappa shape index (κ1) is 28.4. The van der Waals surface area contributed by atoms with Crippen LogP contribution in [0.2, 0.25) is 0 Å². The summed E-state index contributed by atoms with van der Waals surface area (Å²) in [5.41, 5.74) is -0.135. The van der Waals surface area contributed by atoms with Crippen molar-refractivity contribution in [3.05, 3.63) is 101 Å². The predicted octanol–water partition coefficient (Wildman–Crippen LogP) is 3.74. The average molecular weight is 583 g/mol. The van der Waals surface area contributed by atoms with Gasteiger partial charge >= 0.3 is 12.1 Å². The molecule has 0 fully saturated rings. The van der Waals surface area contributed by atoms with Gasteiger partial charge in [-0.2, -0.15) is 18.3 Å². The van der Waals surface area contributed by atoms with E-state index in [4.69, 9.17) is 0 Å². The molecule has 2 atom stereocenters. The maximum atomic E-state index is 14.0. The number of aromatic nitrogens is 4. The van der Waals surface area contributed by atoms with E-state index in [1.54, 1.807) is 37.3 Å². The van der Waals surface area contributed by atoms with Gasteiger partial charge in [-0.3, -0.25) is 19.3 Å². The van der Waals surface area contributed by atoms with Gasteiger partial charge in [0.05, 0.1) is 17.8 Å². The average Bonchev–Trinajstić information content (AvgIpc) is 3.32. The van der Waals surface area contributed by atoms with Crippen molar-refractivity contribution in [1.29, 1.82) is 0 Å². The standard InChI is InChI=1S/C28H22F4N6O4/c1-2-37-26-22(18(14-20(39)40)36-38(26)17-6-4-3-5-7-17)21(15-8-10-16(29)11-9-15)23(27(37)42)35-25(41)24-33-13-12-19(34-24)28(30,31)32/h3-13,21,23H,2,14H2,1H3,(H,35,41)(H,39,40)/t21-,23+/m1/s1. The second kappa shape index (κ2) is 11.0. The van der Waals surface area contributed by atoms with E-state index < -0.39 is 59.7 Å². The smallest absolute Gasteiger partial charge is 0.433 e. The molecule has 0 aliphatic carbocycles. The van der Waals surface area contributed by atoms with Crippen molar-refractivity contribution in [2.24, 2.45) is 0 Å². The lowest BCUT2D eigenvalue weighted by Gasteiger charge is -2.38. The monoisotopic (exact) mass is 582 g/mol. The normalized spacial score (nSPS) is 16.7. The zero-order chi connectivity index (χ0) is 30.2. The minimum Gasteiger partial charge on any atom is -0.481 e. The third-order valence-corrected chi connectivity index (χ3v) is 6.71. The van der Waals surface area contributed by atoms with Crippen LogP contribution < -0.4 is 10.2 Å². The number of nitrogens with one attached hydrogen (secondary N) is 1. The number of para-hydroxylation sites is 1. The fourth-order valence-corrected chi connectivity index (χ4v) is 4.96. The number of benzene rings is 2. The number of nitrogens with zero attached hydrogens (tertiary/aromatic N) is 5. The van der Waals surface area contributed by atoms with Gasteiger partial charge in [0, 0.05) is 24.2 Å². The Balaban J connectivity index is 1.70. The summed E-state index contributed by atoms with van der Waals surface area (Å²) in [7, 11) is 0. The van der Waals surface area contributed by atoms with Crippen LogP contribution in [0.5, 0.6) is 0 Å². The van der Waals surface area contributed by atoms with Crippen LogP contribution in [0.25, 0.3) is 5.69 Å². The summed E-state index contributed by atoms with van der Waals surface area (Å²) in [6.45, 7) is 1.73. The van der Waals surface area contributed by atoms with Crippen molar-refractivity contribution in [3.63, 3.8) is 0 Å². The zero-order valence-electron chi connectivity index (χ0n) is 21.8. The number of fused-ring (bicyclic) bond motifs is 1. The Morgan fingerprint density at radius 2 is 1.74 bits per heavy atom. The molecule has 0 saturated carbocycles. The topological polar surface area (TPSA) is 130 Å². The summed E-state index contributed by atoms with van der Waals surface area (Å²) < 4.78 is 55.1. The second-order valence-corrected chi connectivity index (χ2v) is 9.33. The van der Waals surface area contributed by atoms with Gasteiger partial charge in [0.25, 0.3) is 11.8 Å². The number of carboxylic acids is 1. The molecule has 0 saturated heterocycles. The number of hydrogen-bond donors (Lipinski definition) is 2. The van der Waals surface area contributed by atoms with E-state index in [1.165, 1.54) is 21.7 Å². The Kier molecular flexibility index (Phi) is 7.45. The molecule has 0 bridgehead atoms. The number of likely N-dealkylation sites (N-methyl/N-ethyl adjacent to an activating group) is 1. The van der Waals surface area contributed by atoms with Gasteiger partial charge in [-0.25, -0.2) is 19.0 Å². The Morgan fingerprint density at radius 1 is 1.05 bits per heavy atom. The SMILES string of the molecule is CCN1C(=O)[C@@H](NC(=O)c2nccc(C(F)(F)F)n2)[C@H](c2ccc(F)cc2)c2c(CC(=O)O)nn(-c3ccccc3)c21. The van der Waals surface area contributed by atoms with Crippen molar-refractivity contribution in [1.82, 2.24) is 25.1 Å². The molecule has 0 unspecified atom stereocenters. The molecule has 0 radical (unpaired) electrons. The van der Waals surface area contributed by atoms with Crippen molar-refractivity contribution >= 4 is 23.6 Å². The molecule has 2 N–H and O–H groups in total. The van der Waals surface area contributed by atoms with Crippen LogP contribution >= 0.6 is 0 Å². The molecule has 1 aliphatic heterocycles. The van der Waals surface area contributed by atoms with Gasteiger partial charge in [0.1, 0.15) is 23.4 Å². The molecular formula is C28H22F4N6O4. The largest absolute Gasteiger partial charge is 0.481 e. The molecule has 216 valence electrons. The molecule has 10 nitrogen and oxygen atoms in total. The van der Waals surface area contributed by atoms with E-state index in [9.17, 15) is 37.1 Å². The van der Waals surface area contributed by atoms with Crippen LogP contribution in [0.3, 0.4) is 0 Å². The third-order valence-electron chi connectivity index (χ3n) is 6.71. The van der Waals surface area contributed by atoms with Crippen molar-refractivity contribution in [3.8, 4) is 5.69 Å². The minimum absolute atomic E-state index is 0.0689. The molecular weight excluding hydrogens is 560 g/mol. The number of anilines is 1. The fraction of sp³-hybridized carbons (Fsp3) is 0.214. The Labute approximate surface area is 235 Å². The molecule has 4 aromatic rings. The number of carbonyl (C=O) groups excluding carboxylic acids is 2. The lowest BCUT2D eigenvalue weighted by atomic mass is 9.80. The highest BCUT2D eigenvalue weighted by atomic mass is 19.4. The molecule has 0 spiro atoms. The number of hydrogen-bond acceptors (Lipinski definition) is 6. The fourth-order valence-electron chi connectivity index (χ4n) is 4.96. The summed E-state index contributed by atoms with van der Waals surface area (Å²) in [5.74, 6) is -5.29. The first-order valence-electron chi connectivity index (χ1n) is 12.7. The van der Waals surface area contributed by atoms with Crippen molar-refractivity contribution in [2.45, 2.75) is 31.5 Å². The molecule has 2 aromatic heterocycles. The number of carboxylic acid groups (broad SMARTS) is 1. The van der Waals surface area contributed by atoms with Gasteiger partial charge in [0.15, 0.2) is 0 Å². The summed E-state index contributed by atoms with van der Waals surface area (Å²) in [6.07, 6.45) is -4.62. The molecule has 2 aromatic carbocycles. The highest BCUT2D eigenvalue weighted by Crippen LogP contribution is 2.43. The number of halogens is 4. The lowest BCUT2D eigenvalue weighted by Crippen LogP contribution is -2.55. The van der Waals surface area contributed by atoms with E-state index >= 15 is 0 Å². The Hall–Kier alpha value is -5.14. The summed E-state index contributed by atoms with van der Waals surface area (Å²) >= 11 is 0. The highest BCUT2D eigenvalue weighted by Gasteiger charge is 2.46. The summed E-state index contributed by atoms with van der Waals surface area (Å²) in [6, 6.07) is 12.8. The number of amides is 2. The maximum Gasteiger partial charge on any atom is 0.433 e. The quantitative estimate of drug-likeness (QED) is 0.318. The molecule has 1 aliphatic rings. The van der Waals surface area contributed by atoms with E-state index in [-0.39, 0.29) is 23.6 Å². The second-order valence-electron chi connectivity index (χ2n) is 9.33. The minimum atomic E-state index is -4.85. The molecule has 42 heavy (non-hydrogen) atoms. The third kappa shape index (κ3) is 5.30. The number of rotatable bonds is 7. The van der Waals surface area contributed by atoms with Crippen LogP contribution in [0.15, 0.2) is 66.9 Å². The zero-order valence-corrected chi connectivity index (χ0v) is 21.8. The van der Waals surface area contributed by atoms with Crippen molar-refractivity contribution < 1.29 is 37.1 Å². The highest BCUT2D eigenvalue weighted by molar-refractivity contribution is 6.05. The van der Waals surface area contributed by atoms with E-state index in [1.807, 2.05) is 0 Å². The summed E-state index contributed by atoms with van der Waals surface area (Å²) in [4.78, 5) is 47.4. The number of aliphatic carboxylic acids is 1. The van der Waals surface area contributed by atoms with Crippen LogP contribution in [0.1, 0.15) is 46.0 Å². The Bertz CT molecular complexity index is 1660. The van der Waals surface area contributed by atoms with Crippen LogP contribution in [-0.4, -0.2) is 55.2 Å². The van der Waals surface area contributed by atoms with Gasteiger partial charge in [-0.15, -0.1) is 0 Å². The van der Waals surface area contributed by atoms with E-state index in [2.05, 4.69) is 20.4 Å². The number of carbonyl (C=O) groups is 3. The predicted molar refractivity (Wildman–Crippen MR) is 139 cm³/mol. The van der Waals surface area contributed by atoms with E-state index in [0.717, 1.165) is 18.3 Å². The molecule has 14 heteroatoms. The van der Waals surface area contributed by atoms with Crippen LogP contribution in [-0.2, 0) is 22.2 Å². The molecule has 2 amide bonds. The summed E-state index contributed by atoms with van der Waals surface area (Å²) in [5, 5.41) is 16.7. The Morgan fingerprint density at radius 3 is 2.36 bits per heavy atom. The van der Waals surface area contributed by atoms with Gasteiger partial charge < -0.3 is 10.4 Å². The van der Waals surface area contributed by atoms with Crippen LogP contribution in [0, 0.1) is 5.82 Å². The van der Waals surface area contributed by atoms with Gasteiger partial charge in [-0.1, -0.05) is 30.3 Å². The first-order chi connectivity index (χ1) is 20.0. The van der Waals surface area contributed by atoms with Crippen LogP contribution in [0.4, 0.5) is 23.4 Å². The maximum absolute atomic E-state index is 14.0. The van der Waals surface area contributed by atoms with E-state index in [0.29, 0.717) is 17.3 Å².